The Morgan fingerprint density at radius 3 is 2.31 bits per heavy atom. The zero-order valence-corrected chi connectivity index (χ0v) is 21.7. The van der Waals surface area contributed by atoms with Crippen molar-refractivity contribution in [2.75, 3.05) is 20.2 Å². The highest BCUT2D eigenvalue weighted by Gasteiger charge is 2.39. The lowest BCUT2D eigenvalue weighted by atomic mass is 9.85. The number of piperidine rings is 1. The number of carbonyl (C=O) groups is 3. The Balaban J connectivity index is 3.07. The van der Waals surface area contributed by atoms with Gasteiger partial charge >= 0.3 is 5.97 Å². The van der Waals surface area contributed by atoms with Gasteiger partial charge in [0.2, 0.25) is 11.8 Å². The highest BCUT2D eigenvalue weighted by molar-refractivity contribution is 5.91. The van der Waals surface area contributed by atoms with Crippen molar-refractivity contribution in [1.82, 2.24) is 15.1 Å². The molecule has 1 fully saturated rings. The Morgan fingerprint density at radius 1 is 1.19 bits per heavy atom. The third-order valence-corrected chi connectivity index (χ3v) is 6.21. The van der Waals surface area contributed by atoms with Gasteiger partial charge in [0.05, 0.1) is 18.7 Å². The Bertz CT molecular complexity index is 681. The van der Waals surface area contributed by atoms with E-state index in [2.05, 4.69) is 24.1 Å². The maximum absolute atomic E-state index is 13.6. The minimum atomic E-state index is -0.665. The zero-order valence-electron chi connectivity index (χ0n) is 21.7. The second-order valence-corrected chi connectivity index (χ2v) is 10.1. The van der Waals surface area contributed by atoms with Crippen LogP contribution in [0.4, 0.5) is 0 Å². The summed E-state index contributed by atoms with van der Waals surface area (Å²) in [6.07, 6.45) is 5.35. The third-order valence-electron chi connectivity index (χ3n) is 6.21. The summed E-state index contributed by atoms with van der Waals surface area (Å²) in [7, 11) is 1.73. The van der Waals surface area contributed by atoms with Crippen LogP contribution >= 0.6 is 0 Å². The number of nitrogens with zero attached hydrogens (tertiary/aromatic N) is 2. The number of hydrogen-bond acceptors (Lipinski definition) is 5. The molecule has 1 heterocycles. The van der Waals surface area contributed by atoms with E-state index in [1.807, 2.05) is 27.7 Å². The topological polar surface area (TPSA) is 79.0 Å². The number of ether oxygens (including phenoxy) is 1. The lowest BCUT2D eigenvalue weighted by Gasteiger charge is -2.40. The normalized spacial score (nSPS) is 19.9. The minimum absolute atomic E-state index is 0.0774. The molecule has 1 N–H and O–H groups in total. The number of carbonyl (C=O) groups excluding carboxylic acids is 3. The Hall–Kier alpha value is -1.89. The standard InChI is InChI=1S/C25H45N3O4/c1-10-19(16-18(5)24(31)32-11-2)27(9)23(30)21(25(6,7)8)26-22(29)20-14-12-13-15-28(20)17(3)4/h16-17,19-21H,10-15H2,1-9H3,(H,26,29)/b18-16+/t19-,20+,21+/m0/s1. The summed E-state index contributed by atoms with van der Waals surface area (Å²) in [6.45, 7) is 16.7. The van der Waals surface area contributed by atoms with Crippen molar-refractivity contribution in [2.45, 2.75) is 105 Å². The maximum atomic E-state index is 13.6. The Kier molecular flexibility index (Phi) is 10.9. The van der Waals surface area contributed by atoms with Crippen LogP contribution < -0.4 is 5.32 Å². The van der Waals surface area contributed by atoms with E-state index in [-0.39, 0.29) is 35.9 Å². The fourth-order valence-corrected chi connectivity index (χ4v) is 4.21. The maximum Gasteiger partial charge on any atom is 0.333 e. The van der Waals surface area contributed by atoms with Gasteiger partial charge in [-0.25, -0.2) is 4.79 Å². The first-order valence-corrected chi connectivity index (χ1v) is 12.0. The van der Waals surface area contributed by atoms with E-state index in [0.29, 0.717) is 18.6 Å². The fourth-order valence-electron chi connectivity index (χ4n) is 4.21. The van der Waals surface area contributed by atoms with Gasteiger partial charge in [-0.15, -0.1) is 0 Å². The number of likely N-dealkylation sites (tertiary alicyclic amines) is 1. The van der Waals surface area contributed by atoms with E-state index in [1.54, 1.807) is 31.9 Å². The van der Waals surface area contributed by atoms with Crippen LogP contribution in [0.3, 0.4) is 0 Å². The molecule has 1 rings (SSSR count). The van der Waals surface area contributed by atoms with Crippen molar-refractivity contribution in [3.8, 4) is 0 Å². The van der Waals surface area contributed by atoms with E-state index in [9.17, 15) is 14.4 Å². The molecule has 0 aromatic rings. The average molecular weight is 452 g/mol. The van der Waals surface area contributed by atoms with Crippen molar-refractivity contribution in [1.29, 1.82) is 0 Å². The number of likely N-dealkylation sites (N-methyl/N-ethyl adjacent to an activating group) is 1. The van der Waals surface area contributed by atoms with E-state index in [4.69, 9.17) is 4.74 Å². The summed E-state index contributed by atoms with van der Waals surface area (Å²) in [6, 6.07) is -0.866. The van der Waals surface area contributed by atoms with Crippen molar-refractivity contribution in [3.05, 3.63) is 11.6 Å². The van der Waals surface area contributed by atoms with Crippen LogP contribution in [0.15, 0.2) is 11.6 Å². The molecule has 2 amide bonds. The van der Waals surface area contributed by atoms with E-state index in [0.717, 1.165) is 25.8 Å². The number of amides is 2. The molecule has 0 unspecified atom stereocenters. The highest BCUT2D eigenvalue weighted by atomic mass is 16.5. The van der Waals surface area contributed by atoms with E-state index < -0.39 is 11.5 Å². The van der Waals surface area contributed by atoms with Gasteiger partial charge < -0.3 is 15.0 Å². The molecule has 1 aliphatic rings. The van der Waals surface area contributed by atoms with Crippen molar-refractivity contribution in [2.24, 2.45) is 5.41 Å². The SMILES string of the molecule is CCOC(=O)/C(C)=C/[C@H](CC)N(C)C(=O)[C@@H](NC(=O)[C@H]1CCCCN1C(C)C)C(C)(C)C. The molecule has 0 saturated carbocycles. The molecule has 7 nitrogen and oxygen atoms in total. The van der Waals surface area contributed by atoms with Gasteiger partial charge in [-0.2, -0.15) is 0 Å². The van der Waals surface area contributed by atoms with Gasteiger partial charge in [0.1, 0.15) is 6.04 Å². The first-order chi connectivity index (χ1) is 14.8. The summed E-state index contributed by atoms with van der Waals surface area (Å²) in [5.74, 6) is -0.609. The lowest BCUT2D eigenvalue weighted by Crippen LogP contribution is -2.60. The molecular weight excluding hydrogens is 406 g/mol. The summed E-state index contributed by atoms with van der Waals surface area (Å²) in [5.41, 5.74) is 0.0146. The van der Waals surface area contributed by atoms with Crippen LogP contribution in [-0.2, 0) is 19.1 Å². The monoisotopic (exact) mass is 451 g/mol. The Morgan fingerprint density at radius 2 is 1.81 bits per heavy atom. The number of rotatable bonds is 9. The predicted molar refractivity (Wildman–Crippen MR) is 128 cm³/mol. The molecule has 0 bridgehead atoms. The zero-order chi connectivity index (χ0) is 24.6. The summed E-state index contributed by atoms with van der Waals surface area (Å²) >= 11 is 0. The van der Waals surface area contributed by atoms with Crippen LogP contribution in [-0.4, -0.2) is 72.0 Å². The quantitative estimate of drug-likeness (QED) is 0.429. The van der Waals surface area contributed by atoms with Gasteiger partial charge in [0.25, 0.3) is 0 Å². The summed E-state index contributed by atoms with van der Waals surface area (Å²) < 4.78 is 5.07. The molecule has 0 aromatic carbocycles. The molecule has 1 aliphatic heterocycles. The van der Waals surface area contributed by atoms with Crippen LogP contribution in [0.1, 0.15) is 81.1 Å². The molecular formula is C25H45N3O4. The van der Waals surface area contributed by atoms with Crippen molar-refractivity contribution >= 4 is 17.8 Å². The number of nitrogens with one attached hydrogen (secondary N) is 1. The van der Waals surface area contributed by atoms with E-state index >= 15 is 0 Å². The summed E-state index contributed by atoms with van der Waals surface area (Å²) in [5, 5.41) is 3.08. The van der Waals surface area contributed by atoms with Crippen molar-refractivity contribution < 1.29 is 19.1 Å². The van der Waals surface area contributed by atoms with Crippen LogP contribution in [0.5, 0.6) is 0 Å². The molecule has 184 valence electrons. The Labute approximate surface area is 194 Å². The molecule has 0 spiro atoms. The first-order valence-electron chi connectivity index (χ1n) is 12.0. The molecule has 0 radical (unpaired) electrons. The largest absolute Gasteiger partial charge is 0.463 e. The highest BCUT2D eigenvalue weighted by Crippen LogP contribution is 2.25. The molecule has 32 heavy (non-hydrogen) atoms. The number of esters is 1. The van der Waals surface area contributed by atoms with Gasteiger partial charge in [0.15, 0.2) is 0 Å². The molecule has 3 atom stereocenters. The van der Waals surface area contributed by atoms with Crippen LogP contribution in [0, 0.1) is 5.41 Å². The first kappa shape index (κ1) is 28.1. The fraction of sp³-hybridized carbons (Fsp3) is 0.800. The smallest absolute Gasteiger partial charge is 0.333 e. The second-order valence-electron chi connectivity index (χ2n) is 10.1. The van der Waals surface area contributed by atoms with Gasteiger partial charge in [-0.3, -0.25) is 14.5 Å². The molecule has 0 aliphatic carbocycles. The average Bonchev–Trinajstić information content (AvgIpc) is 2.73. The van der Waals surface area contributed by atoms with Gasteiger partial charge in [-0.1, -0.05) is 40.2 Å². The molecule has 0 aromatic heterocycles. The van der Waals surface area contributed by atoms with Gasteiger partial charge in [0, 0.05) is 18.7 Å². The lowest BCUT2D eigenvalue weighted by molar-refractivity contribution is -0.141. The second kappa shape index (κ2) is 12.4. The van der Waals surface area contributed by atoms with Crippen LogP contribution in [0.2, 0.25) is 0 Å². The van der Waals surface area contributed by atoms with Gasteiger partial charge in [-0.05, 0) is 58.9 Å². The predicted octanol–water partition coefficient (Wildman–Crippen LogP) is 3.53. The molecule has 1 saturated heterocycles. The third kappa shape index (κ3) is 7.61. The van der Waals surface area contributed by atoms with Crippen LogP contribution in [0.25, 0.3) is 0 Å². The summed E-state index contributed by atoms with van der Waals surface area (Å²) in [4.78, 5) is 42.7. The number of hydrogen-bond donors (Lipinski definition) is 1. The molecule has 7 heteroatoms. The minimum Gasteiger partial charge on any atom is -0.463 e. The van der Waals surface area contributed by atoms with Crippen molar-refractivity contribution in [3.63, 3.8) is 0 Å². The van der Waals surface area contributed by atoms with E-state index in [1.165, 1.54) is 0 Å².